The van der Waals surface area contributed by atoms with Gasteiger partial charge in [0.2, 0.25) is 0 Å². The van der Waals surface area contributed by atoms with Crippen LogP contribution in [-0.2, 0) is 12.8 Å². The number of H-pyrrole nitrogens is 1. The molecule has 7 heteroatoms. The second-order valence-electron chi connectivity index (χ2n) is 11.5. The molecule has 7 nitrogen and oxygen atoms in total. The third kappa shape index (κ3) is 5.51. The molecule has 1 aliphatic carbocycles. The van der Waals surface area contributed by atoms with Crippen molar-refractivity contribution < 1.29 is 24.1 Å². The summed E-state index contributed by atoms with van der Waals surface area (Å²) in [5.41, 5.74) is 7.87. The Labute approximate surface area is 241 Å². The molecule has 3 aromatic carbocycles. The summed E-state index contributed by atoms with van der Waals surface area (Å²) in [5.74, 6) is 1.54. The number of ether oxygens (including phenoxy) is 3. The van der Waals surface area contributed by atoms with Crippen LogP contribution >= 0.6 is 0 Å². The van der Waals surface area contributed by atoms with Crippen LogP contribution in [-0.4, -0.2) is 49.5 Å². The second-order valence-corrected chi connectivity index (χ2v) is 11.5. The zero-order valence-electron chi connectivity index (χ0n) is 24.8. The number of aliphatic hydroxyl groups is 1. The zero-order valence-corrected chi connectivity index (χ0v) is 24.8. The molecule has 0 saturated carbocycles. The second kappa shape index (κ2) is 11.5. The average Bonchev–Trinajstić information content (AvgIpc) is 3.37. The van der Waals surface area contributed by atoms with Gasteiger partial charge < -0.3 is 29.6 Å². The summed E-state index contributed by atoms with van der Waals surface area (Å²) in [6.45, 7) is 8.49. The number of carbonyl (C=O) groups excluding carboxylic acids is 1. The van der Waals surface area contributed by atoms with E-state index in [2.05, 4.69) is 36.3 Å². The van der Waals surface area contributed by atoms with Crippen molar-refractivity contribution in [3.63, 3.8) is 0 Å². The van der Waals surface area contributed by atoms with Crippen molar-refractivity contribution in [1.29, 1.82) is 0 Å². The number of nitrogens with one attached hydrogen (secondary N) is 2. The minimum absolute atomic E-state index is 0.00864. The summed E-state index contributed by atoms with van der Waals surface area (Å²) < 4.78 is 16.9. The number of methoxy groups -OCH3 is 2. The van der Waals surface area contributed by atoms with E-state index in [1.54, 1.807) is 14.2 Å². The third-order valence-electron chi connectivity index (χ3n) is 8.28. The van der Waals surface area contributed by atoms with Gasteiger partial charge in [0, 0.05) is 28.6 Å². The van der Waals surface area contributed by atoms with Crippen molar-refractivity contribution in [3.8, 4) is 28.4 Å². The lowest BCUT2D eigenvalue weighted by Gasteiger charge is -2.36. The molecule has 1 amide bonds. The van der Waals surface area contributed by atoms with E-state index in [1.807, 2.05) is 50.2 Å². The number of aromatic nitrogens is 1. The van der Waals surface area contributed by atoms with Gasteiger partial charge in [0.05, 0.1) is 32.5 Å². The van der Waals surface area contributed by atoms with Crippen LogP contribution in [0.1, 0.15) is 53.0 Å². The Bertz CT molecular complexity index is 1590. The summed E-state index contributed by atoms with van der Waals surface area (Å²) in [6, 6.07) is 15.6. The number of aromatic amines is 1. The van der Waals surface area contributed by atoms with Gasteiger partial charge in [0.1, 0.15) is 5.75 Å². The fourth-order valence-corrected chi connectivity index (χ4v) is 5.96. The van der Waals surface area contributed by atoms with E-state index < -0.39 is 5.41 Å². The molecule has 1 heterocycles. The molecule has 41 heavy (non-hydrogen) atoms. The predicted octanol–water partition coefficient (Wildman–Crippen LogP) is 6.15. The van der Waals surface area contributed by atoms with E-state index in [0.29, 0.717) is 35.8 Å². The lowest BCUT2D eigenvalue weighted by atomic mass is 9.73. The minimum atomic E-state index is -0.450. The number of aryl methyl sites for hydroxylation is 3. The van der Waals surface area contributed by atoms with E-state index in [4.69, 9.17) is 14.2 Å². The first kappa shape index (κ1) is 28.6. The monoisotopic (exact) mass is 556 g/mol. The minimum Gasteiger partial charge on any atom is -0.493 e. The van der Waals surface area contributed by atoms with Gasteiger partial charge in [-0.25, -0.2) is 0 Å². The van der Waals surface area contributed by atoms with Gasteiger partial charge >= 0.3 is 0 Å². The molecule has 216 valence electrons. The third-order valence-corrected chi connectivity index (χ3v) is 8.28. The smallest absolute Gasteiger partial charge is 0.255 e. The quantitative estimate of drug-likeness (QED) is 0.230. The molecule has 0 aliphatic heterocycles. The first-order chi connectivity index (χ1) is 19.7. The van der Waals surface area contributed by atoms with Gasteiger partial charge in [-0.05, 0) is 99.0 Å². The van der Waals surface area contributed by atoms with E-state index in [1.165, 1.54) is 33.3 Å². The van der Waals surface area contributed by atoms with Crippen LogP contribution in [0.25, 0.3) is 22.0 Å². The van der Waals surface area contributed by atoms with Crippen LogP contribution in [0.4, 0.5) is 0 Å². The summed E-state index contributed by atoms with van der Waals surface area (Å²) in [6.07, 6.45) is 2.21. The molecule has 4 aromatic rings. The highest BCUT2D eigenvalue weighted by Gasteiger charge is 2.37. The number of hydrogen-bond acceptors (Lipinski definition) is 5. The zero-order chi connectivity index (χ0) is 29.3. The Hall–Kier alpha value is -3.97. The fourth-order valence-electron chi connectivity index (χ4n) is 5.96. The lowest BCUT2D eigenvalue weighted by molar-refractivity contribution is 0.0828. The number of amides is 1. The number of hydrogen-bond donors (Lipinski definition) is 3. The van der Waals surface area contributed by atoms with Crippen molar-refractivity contribution in [2.24, 2.45) is 5.41 Å². The van der Waals surface area contributed by atoms with Crippen molar-refractivity contribution in [2.45, 2.75) is 53.1 Å². The van der Waals surface area contributed by atoms with Crippen LogP contribution in [0.5, 0.6) is 17.2 Å². The van der Waals surface area contributed by atoms with Gasteiger partial charge in [0.25, 0.3) is 5.91 Å². The van der Waals surface area contributed by atoms with Crippen LogP contribution in [0.15, 0.2) is 48.5 Å². The number of aliphatic hydroxyl groups excluding tert-OH is 1. The molecule has 0 fully saturated rings. The van der Waals surface area contributed by atoms with Crippen LogP contribution in [0.3, 0.4) is 0 Å². The van der Waals surface area contributed by atoms with E-state index in [-0.39, 0.29) is 18.6 Å². The highest BCUT2D eigenvalue weighted by atomic mass is 16.5. The molecular formula is C34H40N2O5. The number of fused-ring (bicyclic) bond motifs is 3. The molecule has 1 aliphatic rings. The van der Waals surface area contributed by atoms with Crippen LogP contribution < -0.4 is 19.5 Å². The molecule has 0 bridgehead atoms. The Balaban J connectivity index is 1.43. The first-order valence-corrected chi connectivity index (χ1v) is 14.2. The maximum absolute atomic E-state index is 13.7. The van der Waals surface area contributed by atoms with Gasteiger partial charge in [-0.2, -0.15) is 0 Å². The maximum Gasteiger partial charge on any atom is 0.255 e. The normalized spacial score (nSPS) is 16.5. The Morgan fingerprint density at radius 1 is 0.976 bits per heavy atom. The Morgan fingerprint density at radius 2 is 1.66 bits per heavy atom. The SMILES string of the molecule is COc1ccc(-c2ccc(OC(C)C)c(C(=O)NCC3(CO)CCc4[nH]c5c(C)ccc(C)c5c4C3)c2)cc1OC. The lowest BCUT2D eigenvalue weighted by Crippen LogP contribution is -2.43. The van der Waals surface area contributed by atoms with E-state index >= 15 is 0 Å². The summed E-state index contributed by atoms with van der Waals surface area (Å²) in [7, 11) is 3.20. The number of benzene rings is 3. The Kier molecular flexibility index (Phi) is 8.00. The standard InChI is InChI=1S/C34H40N2O5/c1-20(2)41-28-11-9-23(24-10-12-29(39-5)30(16-24)40-6)15-25(28)33(38)35-18-34(19-37)14-13-27-26(17-34)31-21(3)7-8-22(4)32(31)36-27/h7-12,15-16,20,36-37H,13-14,17-19H2,1-6H3,(H,35,38). The predicted molar refractivity (Wildman–Crippen MR) is 162 cm³/mol. The summed E-state index contributed by atoms with van der Waals surface area (Å²) in [5, 5.41) is 15.0. The average molecular weight is 557 g/mol. The van der Waals surface area contributed by atoms with Gasteiger partial charge in [-0.15, -0.1) is 0 Å². The highest BCUT2D eigenvalue weighted by Crippen LogP contribution is 2.40. The first-order valence-electron chi connectivity index (χ1n) is 14.2. The molecule has 3 N–H and O–H groups in total. The topological polar surface area (TPSA) is 92.8 Å². The molecule has 1 unspecified atom stereocenters. The summed E-state index contributed by atoms with van der Waals surface area (Å²) >= 11 is 0. The molecule has 1 atom stereocenters. The number of carbonyl (C=O) groups is 1. The fraction of sp³-hybridized carbons (Fsp3) is 0.382. The van der Waals surface area contributed by atoms with Gasteiger partial charge in [-0.3, -0.25) is 4.79 Å². The highest BCUT2D eigenvalue weighted by molar-refractivity contribution is 5.98. The largest absolute Gasteiger partial charge is 0.493 e. The number of rotatable bonds is 9. The van der Waals surface area contributed by atoms with E-state index in [0.717, 1.165) is 24.0 Å². The van der Waals surface area contributed by atoms with Gasteiger partial charge in [0.15, 0.2) is 11.5 Å². The molecule has 5 rings (SSSR count). The maximum atomic E-state index is 13.7. The van der Waals surface area contributed by atoms with Crippen molar-refractivity contribution in [3.05, 3.63) is 76.5 Å². The van der Waals surface area contributed by atoms with Crippen LogP contribution in [0, 0.1) is 19.3 Å². The molecule has 0 spiro atoms. The van der Waals surface area contributed by atoms with Crippen molar-refractivity contribution >= 4 is 16.8 Å². The molecule has 1 aromatic heterocycles. The molecule has 0 saturated heterocycles. The van der Waals surface area contributed by atoms with Crippen LogP contribution in [0.2, 0.25) is 0 Å². The van der Waals surface area contributed by atoms with Crippen molar-refractivity contribution in [2.75, 3.05) is 27.4 Å². The summed E-state index contributed by atoms with van der Waals surface area (Å²) in [4.78, 5) is 17.4. The van der Waals surface area contributed by atoms with Crippen molar-refractivity contribution in [1.82, 2.24) is 10.3 Å². The Morgan fingerprint density at radius 3 is 2.34 bits per heavy atom. The molecule has 0 radical (unpaired) electrons. The molecular weight excluding hydrogens is 516 g/mol. The van der Waals surface area contributed by atoms with E-state index in [9.17, 15) is 9.90 Å². The van der Waals surface area contributed by atoms with Gasteiger partial charge in [-0.1, -0.05) is 24.3 Å².